The number of halogens is 1. The summed E-state index contributed by atoms with van der Waals surface area (Å²) in [5, 5.41) is 3.09. The number of rotatable bonds is 3. The van der Waals surface area contributed by atoms with Crippen molar-refractivity contribution in [2.24, 2.45) is 0 Å². The first kappa shape index (κ1) is 13.9. The molecule has 0 aromatic heterocycles. The summed E-state index contributed by atoms with van der Waals surface area (Å²) in [6.07, 6.45) is 6.84. The Kier molecular flexibility index (Phi) is 4.48. The highest BCUT2D eigenvalue weighted by atomic mass is 35.5. The number of thioether (sulfide) groups is 1. The number of amides is 1. The molecule has 19 heavy (non-hydrogen) atoms. The first-order valence-corrected chi connectivity index (χ1v) is 6.81. The molecule has 1 aromatic carbocycles. The predicted molar refractivity (Wildman–Crippen MR) is 82.1 cm³/mol. The number of nitrogens with one attached hydrogen (secondary N) is 1. The van der Waals surface area contributed by atoms with Crippen LogP contribution in [0.4, 0.5) is 0 Å². The van der Waals surface area contributed by atoms with Crippen molar-refractivity contribution < 1.29 is 9.53 Å². The van der Waals surface area contributed by atoms with Gasteiger partial charge in [-0.25, -0.2) is 0 Å². The van der Waals surface area contributed by atoms with E-state index in [-0.39, 0.29) is 12.5 Å². The van der Waals surface area contributed by atoms with Crippen molar-refractivity contribution in [3.05, 3.63) is 33.7 Å². The van der Waals surface area contributed by atoms with Gasteiger partial charge in [0.1, 0.15) is 16.7 Å². The second-order valence-corrected chi connectivity index (χ2v) is 5.68. The lowest BCUT2D eigenvalue weighted by Gasteiger charge is -2.07. The molecule has 1 aliphatic rings. The third kappa shape index (κ3) is 3.51. The zero-order chi connectivity index (χ0) is 13.8. The Hall–Kier alpha value is -1.48. The molecule has 1 amide bonds. The molecule has 6 heteroatoms. The molecule has 0 spiro atoms. The van der Waals surface area contributed by atoms with E-state index in [4.69, 9.17) is 35.0 Å². The smallest absolute Gasteiger partial charge is 0.263 e. The van der Waals surface area contributed by atoms with E-state index in [1.807, 2.05) is 0 Å². The van der Waals surface area contributed by atoms with Crippen molar-refractivity contribution in [3.8, 4) is 18.1 Å². The average Bonchev–Trinajstić information content (AvgIpc) is 2.67. The quantitative estimate of drug-likeness (QED) is 0.529. The molecule has 96 valence electrons. The summed E-state index contributed by atoms with van der Waals surface area (Å²) in [7, 11) is 0. The number of thiocarbonyl (C=S) groups is 1. The Morgan fingerprint density at radius 2 is 2.37 bits per heavy atom. The van der Waals surface area contributed by atoms with Crippen LogP contribution < -0.4 is 10.1 Å². The van der Waals surface area contributed by atoms with Gasteiger partial charge in [-0.3, -0.25) is 4.79 Å². The van der Waals surface area contributed by atoms with Gasteiger partial charge in [0.2, 0.25) is 0 Å². The van der Waals surface area contributed by atoms with Gasteiger partial charge in [-0.15, -0.1) is 6.42 Å². The first-order valence-electron chi connectivity index (χ1n) is 5.21. The normalized spacial score (nSPS) is 16.3. The molecule has 1 aliphatic heterocycles. The van der Waals surface area contributed by atoms with E-state index in [1.54, 1.807) is 24.3 Å². The molecule has 1 aromatic rings. The van der Waals surface area contributed by atoms with Gasteiger partial charge < -0.3 is 10.1 Å². The molecule has 0 aliphatic carbocycles. The van der Waals surface area contributed by atoms with Gasteiger partial charge in [-0.05, 0) is 24.3 Å². The molecular formula is C13H8ClNO2S2. The number of hydrogen-bond donors (Lipinski definition) is 1. The molecule has 0 saturated carbocycles. The maximum absolute atomic E-state index is 11.6. The van der Waals surface area contributed by atoms with Gasteiger partial charge in [0.25, 0.3) is 5.91 Å². The first-order chi connectivity index (χ1) is 9.10. The molecule has 0 bridgehead atoms. The van der Waals surface area contributed by atoms with Crippen molar-refractivity contribution in [1.82, 2.24) is 5.32 Å². The number of carbonyl (C=O) groups excluding carboxylic acids is 1. The summed E-state index contributed by atoms with van der Waals surface area (Å²) in [6, 6.07) is 5.11. The Labute approximate surface area is 125 Å². The van der Waals surface area contributed by atoms with Gasteiger partial charge in [0.05, 0.1) is 4.91 Å². The van der Waals surface area contributed by atoms with Crippen LogP contribution in [0.15, 0.2) is 23.1 Å². The second kappa shape index (κ2) is 6.11. The molecule has 2 rings (SSSR count). The minimum atomic E-state index is -0.224. The number of hydrogen-bond acceptors (Lipinski definition) is 4. The molecular weight excluding hydrogens is 302 g/mol. The zero-order valence-corrected chi connectivity index (χ0v) is 12.0. The lowest BCUT2D eigenvalue weighted by molar-refractivity contribution is -0.115. The van der Waals surface area contributed by atoms with Crippen LogP contribution in [0, 0.1) is 12.3 Å². The fourth-order valence-electron chi connectivity index (χ4n) is 1.45. The lowest BCUT2D eigenvalue weighted by atomic mass is 10.2. The van der Waals surface area contributed by atoms with Crippen molar-refractivity contribution in [2.75, 3.05) is 6.61 Å². The Bertz CT molecular complexity index is 620. The maximum Gasteiger partial charge on any atom is 0.263 e. The van der Waals surface area contributed by atoms with Crippen LogP contribution in [-0.4, -0.2) is 16.8 Å². The molecule has 1 saturated heterocycles. The number of terminal acetylenes is 1. The molecule has 0 atom stereocenters. The van der Waals surface area contributed by atoms with Crippen molar-refractivity contribution in [2.45, 2.75) is 0 Å². The Balaban J connectivity index is 2.35. The molecule has 3 nitrogen and oxygen atoms in total. The van der Waals surface area contributed by atoms with Crippen LogP contribution in [0.25, 0.3) is 6.08 Å². The van der Waals surface area contributed by atoms with Crippen LogP contribution in [0.5, 0.6) is 5.75 Å². The fourth-order valence-corrected chi connectivity index (χ4v) is 2.66. The van der Waals surface area contributed by atoms with Crippen LogP contribution in [-0.2, 0) is 4.79 Å². The minimum Gasteiger partial charge on any atom is -0.480 e. The highest BCUT2D eigenvalue weighted by Gasteiger charge is 2.22. The van der Waals surface area contributed by atoms with Gasteiger partial charge in [0, 0.05) is 10.6 Å². The molecule has 0 unspecified atom stereocenters. The second-order valence-electron chi connectivity index (χ2n) is 3.53. The SMILES string of the molecule is C#CCOc1ccc(Cl)cc1/C=C1\SC(=S)NC1=O. The minimum absolute atomic E-state index is 0.148. The average molecular weight is 310 g/mol. The predicted octanol–water partition coefficient (Wildman–Crippen LogP) is 2.84. The summed E-state index contributed by atoms with van der Waals surface area (Å²) in [5.74, 6) is 2.73. The fraction of sp³-hybridized carbons (Fsp3) is 0.0769. The van der Waals surface area contributed by atoms with E-state index in [9.17, 15) is 4.79 Å². The Morgan fingerprint density at radius 1 is 1.58 bits per heavy atom. The summed E-state index contributed by atoms with van der Waals surface area (Å²) in [6.45, 7) is 0.148. The molecule has 0 radical (unpaired) electrons. The molecule has 1 fully saturated rings. The van der Waals surface area contributed by atoms with Gasteiger partial charge in [-0.1, -0.05) is 41.5 Å². The van der Waals surface area contributed by atoms with E-state index in [0.717, 1.165) is 0 Å². The highest BCUT2D eigenvalue weighted by molar-refractivity contribution is 8.26. The molecule has 1 N–H and O–H groups in total. The third-order valence-electron chi connectivity index (χ3n) is 2.21. The topological polar surface area (TPSA) is 38.3 Å². The number of ether oxygens (including phenoxy) is 1. The zero-order valence-electron chi connectivity index (χ0n) is 9.60. The van der Waals surface area contributed by atoms with Gasteiger partial charge >= 0.3 is 0 Å². The summed E-state index contributed by atoms with van der Waals surface area (Å²) in [4.78, 5) is 12.1. The van der Waals surface area contributed by atoms with Crippen molar-refractivity contribution in [1.29, 1.82) is 0 Å². The van der Waals surface area contributed by atoms with Crippen LogP contribution >= 0.6 is 35.6 Å². The van der Waals surface area contributed by atoms with Gasteiger partial charge in [-0.2, -0.15) is 0 Å². The van der Waals surface area contributed by atoms with Crippen molar-refractivity contribution in [3.63, 3.8) is 0 Å². The van der Waals surface area contributed by atoms with E-state index in [0.29, 0.717) is 25.6 Å². The lowest BCUT2D eigenvalue weighted by Crippen LogP contribution is -2.17. The van der Waals surface area contributed by atoms with E-state index >= 15 is 0 Å². The summed E-state index contributed by atoms with van der Waals surface area (Å²) in [5.41, 5.74) is 0.685. The Morgan fingerprint density at radius 3 is 3.00 bits per heavy atom. The third-order valence-corrected chi connectivity index (χ3v) is 3.61. The summed E-state index contributed by atoms with van der Waals surface area (Å²) >= 11 is 12.1. The van der Waals surface area contributed by atoms with E-state index < -0.39 is 0 Å². The highest BCUT2D eigenvalue weighted by Crippen LogP contribution is 2.30. The van der Waals surface area contributed by atoms with E-state index in [1.165, 1.54) is 11.8 Å². The van der Waals surface area contributed by atoms with Crippen LogP contribution in [0.3, 0.4) is 0 Å². The number of benzene rings is 1. The van der Waals surface area contributed by atoms with E-state index in [2.05, 4.69) is 11.2 Å². The standard InChI is InChI=1S/C13H8ClNO2S2/c1-2-5-17-10-4-3-9(14)6-8(10)7-11-12(16)15-13(18)19-11/h1,3-4,6-7H,5H2,(H,15,16,18)/b11-7-. The van der Waals surface area contributed by atoms with Crippen molar-refractivity contribution >= 4 is 51.9 Å². The largest absolute Gasteiger partial charge is 0.480 e. The summed E-state index contributed by atoms with van der Waals surface area (Å²) < 4.78 is 5.84. The molecule has 1 heterocycles. The van der Waals surface area contributed by atoms with Crippen LogP contribution in [0.2, 0.25) is 5.02 Å². The monoisotopic (exact) mass is 309 g/mol. The van der Waals surface area contributed by atoms with Gasteiger partial charge in [0.15, 0.2) is 0 Å². The maximum atomic E-state index is 11.6. The van der Waals surface area contributed by atoms with Crippen LogP contribution in [0.1, 0.15) is 5.56 Å². The number of carbonyl (C=O) groups is 1.